The van der Waals surface area contributed by atoms with E-state index in [1.807, 2.05) is 37.3 Å². The van der Waals surface area contributed by atoms with Crippen molar-refractivity contribution in [2.24, 2.45) is 0 Å². The second kappa shape index (κ2) is 8.49. The molecule has 25 heavy (non-hydrogen) atoms. The van der Waals surface area contributed by atoms with Crippen LogP contribution in [-0.4, -0.2) is 29.0 Å². The largest absolute Gasteiger partial charge is 0.348 e. The van der Waals surface area contributed by atoms with Crippen LogP contribution in [-0.2, 0) is 0 Å². The molecule has 1 amide bonds. The third kappa shape index (κ3) is 4.34. The first-order chi connectivity index (χ1) is 11.2. The Labute approximate surface area is 164 Å². The molecule has 2 aliphatic heterocycles. The molecule has 4 rings (SSSR count). The Balaban J connectivity index is 0.00000113. The van der Waals surface area contributed by atoms with Crippen molar-refractivity contribution in [1.82, 2.24) is 15.6 Å². The maximum Gasteiger partial charge on any atom is 0.263 e. The molecule has 2 aromatic rings. The van der Waals surface area contributed by atoms with E-state index >= 15 is 0 Å². The van der Waals surface area contributed by atoms with Gasteiger partial charge in [0, 0.05) is 23.7 Å². The second-order valence-electron chi connectivity index (χ2n) is 6.56. The second-order valence-corrected chi connectivity index (χ2v) is 7.76. The average molecular weight is 400 g/mol. The molecule has 3 heterocycles. The number of amides is 1. The molecule has 2 fully saturated rings. The molecular formula is C18H23Cl2N3OS. The molecule has 7 heteroatoms. The number of aromatic nitrogens is 1. The summed E-state index contributed by atoms with van der Waals surface area (Å²) in [6, 6.07) is 11.4. The van der Waals surface area contributed by atoms with Crippen LogP contribution in [0.2, 0.25) is 0 Å². The van der Waals surface area contributed by atoms with E-state index in [1.165, 1.54) is 24.2 Å². The number of aryl methyl sites for hydroxylation is 1. The molecule has 0 saturated carbocycles. The highest BCUT2D eigenvalue weighted by atomic mass is 35.5. The van der Waals surface area contributed by atoms with Crippen molar-refractivity contribution in [3.05, 3.63) is 40.2 Å². The van der Waals surface area contributed by atoms with Crippen LogP contribution < -0.4 is 10.6 Å². The van der Waals surface area contributed by atoms with Gasteiger partial charge < -0.3 is 10.6 Å². The standard InChI is InChI=1S/C18H21N3OS.2ClH/c1-11-19-16(12-5-3-2-4-6-12)17(23-11)18(22)21-15-9-13-7-8-14(10-15)20-13;;/h2-6,13-15,20H,7-10H2,1H3,(H,21,22);2*1H. The quantitative estimate of drug-likeness (QED) is 0.820. The Hall–Kier alpha value is -1.14. The fourth-order valence-electron chi connectivity index (χ4n) is 3.80. The molecule has 2 saturated heterocycles. The van der Waals surface area contributed by atoms with Gasteiger partial charge in [0.05, 0.1) is 10.7 Å². The van der Waals surface area contributed by atoms with Crippen molar-refractivity contribution in [2.75, 3.05) is 0 Å². The van der Waals surface area contributed by atoms with Crippen LogP contribution in [0.1, 0.15) is 40.4 Å². The zero-order chi connectivity index (χ0) is 15.8. The third-order valence-corrected chi connectivity index (χ3v) is 5.77. The van der Waals surface area contributed by atoms with Gasteiger partial charge in [0.15, 0.2) is 0 Å². The number of nitrogens with zero attached hydrogens (tertiary/aromatic N) is 1. The number of piperidine rings is 1. The van der Waals surface area contributed by atoms with E-state index in [1.54, 1.807) is 0 Å². The number of fused-ring (bicyclic) bond motifs is 2. The van der Waals surface area contributed by atoms with Crippen molar-refractivity contribution in [3.63, 3.8) is 0 Å². The molecule has 2 atom stereocenters. The minimum Gasteiger partial charge on any atom is -0.348 e. The fourth-order valence-corrected chi connectivity index (χ4v) is 4.64. The van der Waals surface area contributed by atoms with E-state index in [0.29, 0.717) is 12.1 Å². The Morgan fingerprint density at radius 1 is 1.16 bits per heavy atom. The normalized spacial score (nSPS) is 24.1. The number of rotatable bonds is 3. The predicted octanol–water partition coefficient (Wildman–Crippen LogP) is 3.97. The Morgan fingerprint density at radius 3 is 2.44 bits per heavy atom. The van der Waals surface area contributed by atoms with E-state index < -0.39 is 0 Å². The van der Waals surface area contributed by atoms with Crippen molar-refractivity contribution < 1.29 is 4.79 Å². The molecular weight excluding hydrogens is 377 g/mol. The lowest BCUT2D eigenvalue weighted by molar-refractivity contribution is 0.0928. The van der Waals surface area contributed by atoms with Crippen LogP contribution in [0.5, 0.6) is 0 Å². The molecule has 2 aliphatic rings. The Kier molecular flexibility index (Phi) is 6.86. The fraction of sp³-hybridized carbons (Fsp3) is 0.444. The molecule has 136 valence electrons. The summed E-state index contributed by atoms with van der Waals surface area (Å²) in [6.45, 7) is 1.96. The van der Waals surface area contributed by atoms with Crippen molar-refractivity contribution >= 4 is 42.1 Å². The first kappa shape index (κ1) is 20.2. The number of hydrogen-bond acceptors (Lipinski definition) is 4. The van der Waals surface area contributed by atoms with Crippen molar-refractivity contribution in [1.29, 1.82) is 0 Å². The van der Waals surface area contributed by atoms with E-state index in [-0.39, 0.29) is 36.8 Å². The summed E-state index contributed by atoms with van der Waals surface area (Å²) in [6.07, 6.45) is 4.57. The van der Waals surface area contributed by atoms with Crippen molar-refractivity contribution in [2.45, 2.75) is 50.7 Å². The topological polar surface area (TPSA) is 54.0 Å². The molecule has 0 radical (unpaired) electrons. The minimum absolute atomic E-state index is 0. The van der Waals surface area contributed by atoms with Gasteiger partial charge in [-0.2, -0.15) is 0 Å². The van der Waals surface area contributed by atoms with Gasteiger partial charge in [0.2, 0.25) is 0 Å². The lowest BCUT2D eigenvalue weighted by atomic mass is 9.99. The number of thiazole rings is 1. The zero-order valence-corrected chi connectivity index (χ0v) is 16.5. The van der Waals surface area contributed by atoms with Gasteiger partial charge in [-0.3, -0.25) is 4.79 Å². The molecule has 1 aromatic carbocycles. The maximum atomic E-state index is 12.8. The van der Waals surface area contributed by atoms with Crippen LogP contribution in [0.15, 0.2) is 30.3 Å². The van der Waals surface area contributed by atoms with E-state index in [4.69, 9.17) is 0 Å². The minimum atomic E-state index is 0. The van der Waals surface area contributed by atoms with Crippen LogP contribution in [0.25, 0.3) is 11.3 Å². The smallest absolute Gasteiger partial charge is 0.263 e. The van der Waals surface area contributed by atoms with E-state index in [0.717, 1.165) is 34.0 Å². The average Bonchev–Trinajstić information content (AvgIpc) is 3.11. The maximum absolute atomic E-state index is 12.8. The van der Waals surface area contributed by atoms with Crippen molar-refractivity contribution in [3.8, 4) is 11.3 Å². The Morgan fingerprint density at radius 2 is 1.80 bits per heavy atom. The number of halogens is 2. The summed E-state index contributed by atoms with van der Waals surface area (Å²) < 4.78 is 0. The van der Waals surface area contributed by atoms with Gasteiger partial charge >= 0.3 is 0 Å². The summed E-state index contributed by atoms with van der Waals surface area (Å²) in [4.78, 5) is 18.1. The molecule has 2 N–H and O–H groups in total. The summed E-state index contributed by atoms with van der Waals surface area (Å²) in [7, 11) is 0. The first-order valence-electron chi connectivity index (χ1n) is 8.29. The zero-order valence-electron chi connectivity index (χ0n) is 14.0. The highest BCUT2D eigenvalue weighted by Crippen LogP contribution is 2.30. The monoisotopic (exact) mass is 399 g/mol. The van der Waals surface area contributed by atoms with Gasteiger partial charge in [-0.1, -0.05) is 30.3 Å². The van der Waals surface area contributed by atoms with Gasteiger partial charge in [-0.05, 0) is 32.6 Å². The number of carbonyl (C=O) groups is 1. The number of hydrogen-bond donors (Lipinski definition) is 2. The summed E-state index contributed by atoms with van der Waals surface area (Å²) in [5, 5.41) is 7.79. The van der Waals surface area contributed by atoms with Crippen LogP contribution >= 0.6 is 36.2 Å². The predicted molar refractivity (Wildman–Crippen MR) is 107 cm³/mol. The molecule has 4 nitrogen and oxygen atoms in total. The first-order valence-corrected chi connectivity index (χ1v) is 9.10. The van der Waals surface area contributed by atoms with Crippen LogP contribution in [0, 0.1) is 6.92 Å². The summed E-state index contributed by atoms with van der Waals surface area (Å²) in [5.41, 5.74) is 1.81. The molecule has 2 bridgehead atoms. The molecule has 0 aliphatic carbocycles. The number of carbonyl (C=O) groups excluding carboxylic acids is 1. The van der Waals surface area contributed by atoms with Gasteiger partial charge in [-0.25, -0.2) is 4.98 Å². The molecule has 2 unspecified atom stereocenters. The van der Waals surface area contributed by atoms with E-state index in [9.17, 15) is 4.79 Å². The number of nitrogens with one attached hydrogen (secondary N) is 2. The van der Waals surface area contributed by atoms with Crippen LogP contribution in [0.3, 0.4) is 0 Å². The van der Waals surface area contributed by atoms with Gasteiger partial charge in [-0.15, -0.1) is 36.2 Å². The summed E-state index contributed by atoms with van der Waals surface area (Å²) >= 11 is 1.48. The lowest BCUT2D eigenvalue weighted by Gasteiger charge is -2.29. The Bertz CT molecular complexity index is 710. The number of benzene rings is 1. The highest BCUT2D eigenvalue weighted by molar-refractivity contribution is 7.14. The van der Waals surface area contributed by atoms with E-state index in [2.05, 4.69) is 15.6 Å². The molecule has 1 aromatic heterocycles. The molecule has 0 spiro atoms. The van der Waals surface area contributed by atoms with Gasteiger partial charge in [0.1, 0.15) is 4.88 Å². The SMILES string of the molecule is Cc1nc(-c2ccccc2)c(C(=O)NC2CC3CCC(C2)N3)s1.Cl.Cl. The highest BCUT2D eigenvalue weighted by Gasteiger charge is 2.34. The lowest BCUT2D eigenvalue weighted by Crippen LogP contribution is -2.47. The van der Waals surface area contributed by atoms with Crippen LogP contribution in [0.4, 0.5) is 0 Å². The summed E-state index contributed by atoms with van der Waals surface area (Å²) in [5.74, 6) is 0.0285. The van der Waals surface area contributed by atoms with Gasteiger partial charge in [0.25, 0.3) is 5.91 Å². The third-order valence-electron chi connectivity index (χ3n) is 4.80.